The standard InChI is InChI=1S/C20H23N3O2/c1-14(2)21-19(25)23-17-10-8-16(9-11-17)22-18(24)20(12-13-20)15-6-4-3-5-7-15/h3-11,14H,12-13H2,1-2H3,(H,22,24)(H2,21,23,25). The van der Waals surface area contributed by atoms with Crippen molar-refractivity contribution >= 4 is 23.3 Å². The van der Waals surface area contributed by atoms with Crippen molar-refractivity contribution in [3.8, 4) is 0 Å². The van der Waals surface area contributed by atoms with E-state index in [0.29, 0.717) is 5.69 Å². The first-order chi connectivity index (χ1) is 12.0. The highest BCUT2D eigenvalue weighted by atomic mass is 16.2. The molecule has 25 heavy (non-hydrogen) atoms. The van der Waals surface area contributed by atoms with Gasteiger partial charge in [-0.1, -0.05) is 30.3 Å². The molecule has 3 amide bonds. The summed E-state index contributed by atoms with van der Waals surface area (Å²) in [7, 11) is 0. The molecule has 2 aromatic carbocycles. The monoisotopic (exact) mass is 337 g/mol. The number of rotatable bonds is 5. The first-order valence-corrected chi connectivity index (χ1v) is 8.54. The molecule has 1 saturated carbocycles. The predicted octanol–water partition coefficient (Wildman–Crippen LogP) is 3.89. The number of carbonyl (C=O) groups is 2. The van der Waals surface area contributed by atoms with Crippen molar-refractivity contribution in [3.05, 3.63) is 60.2 Å². The van der Waals surface area contributed by atoms with Crippen LogP contribution in [0.3, 0.4) is 0 Å². The quantitative estimate of drug-likeness (QED) is 0.775. The highest BCUT2D eigenvalue weighted by Gasteiger charge is 2.51. The van der Waals surface area contributed by atoms with Crippen molar-refractivity contribution in [1.29, 1.82) is 0 Å². The molecule has 2 aromatic rings. The third-order valence-electron chi connectivity index (χ3n) is 4.33. The van der Waals surface area contributed by atoms with Gasteiger partial charge in [0.05, 0.1) is 5.41 Å². The summed E-state index contributed by atoms with van der Waals surface area (Å²) < 4.78 is 0. The predicted molar refractivity (Wildman–Crippen MR) is 99.7 cm³/mol. The Kier molecular flexibility index (Phi) is 4.74. The molecule has 0 radical (unpaired) electrons. The van der Waals surface area contributed by atoms with Crippen molar-refractivity contribution < 1.29 is 9.59 Å². The van der Waals surface area contributed by atoms with Crippen LogP contribution in [0.2, 0.25) is 0 Å². The zero-order chi connectivity index (χ0) is 17.9. The Morgan fingerprint density at radius 2 is 1.44 bits per heavy atom. The molecule has 0 atom stereocenters. The van der Waals surface area contributed by atoms with E-state index in [0.717, 1.165) is 24.1 Å². The topological polar surface area (TPSA) is 70.2 Å². The summed E-state index contributed by atoms with van der Waals surface area (Å²) in [5.41, 5.74) is 2.08. The Hall–Kier alpha value is -2.82. The molecular formula is C20H23N3O2. The van der Waals surface area contributed by atoms with Crippen LogP contribution in [0.25, 0.3) is 0 Å². The minimum Gasteiger partial charge on any atom is -0.336 e. The van der Waals surface area contributed by atoms with Crippen LogP contribution >= 0.6 is 0 Å². The minimum atomic E-state index is -0.394. The lowest BCUT2D eigenvalue weighted by molar-refractivity contribution is -0.118. The normalized spacial score (nSPS) is 14.7. The average Bonchev–Trinajstić information content (AvgIpc) is 3.38. The second-order valence-electron chi connectivity index (χ2n) is 6.73. The molecule has 0 heterocycles. The lowest BCUT2D eigenvalue weighted by Crippen LogP contribution is -2.34. The van der Waals surface area contributed by atoms with Gasteiger partial charge in [-0.3, -0.25) is 4.79 Å². The molecule has 130 valence electrons. The second-order valence-corrected chi connectivity index (χ2v) is 6.73. The molecule has 1 aliphatic rings. The summed E-state index contributed by atoms with van der Waals surface area (Å²) >= 11 is 0. The SMILES string of the molecule is CC(C)NC(=O)Nc1ccc(NC(=O)C2(c3ccccc3)CC2)cc1. The van der Waals surface area contributed by atoms with Gasteiger partial charge in [-0.2, -0.15) is 0 Å². The van der Waals surface area contributed by atoms with E-state index in [2.05, 4.69) is 16.0 Å². The zero-order valence-corrected chi connectivity index (χ0v) is 14.5. The number of urea groups is 1. The Bertz CT molecular complexity index is 750. The second kappa shape index (κ2) is 6.97. The van der Waals surface area contributed by atoms with E-state index in [-0.39, 0.29) is 18.0 Å². The highest BCUT2D eigenvalue weighted by molar-refractivity contribution is 6.01. The molecule has 0 saturated heterocycles. The molecule has 3 N–H and O–H groups in total. The van der Waals surface area contributed by atoms with E-state index < -0.39 is 5.41 Å². The Morgan fingerprint density at radius 3 is 1.96 bits per heavy atom. The third-order valence-corrected chi connectivity index (χ3v) is 4.33. The summed E-state index contributed by atoms with van der Waals surface area (Å²) in [5, 5.41) is 8.51. The van der Waals surface area contributed by atoms with Gasteiger partial charge >= 0.3 is 6.03 Å². The molecule has 5 nitrogen and oxygen atoms in total. The number of carbonyl (C=O) groups excluding carboxylic acids is 2. The number of benzene rings is 2. The van der Waals surface area contributed by atoms with E-state index in [4.69, 9.17) is 0 Å². The number of hydrogen-bond acceptors (Lipinski definition) is 2. The van der Waals surface area contributed by atoms with Gasteiger partial charge in [0.1, 0.15) is 0 Å². The van der Waals surface area contributed by atoms with Crippen LogP contribution < -0.4 is 16.0 Å². The highest BCUT2D eigenvalue weighted by Crippen LogP contribution is 2.48. The number of nitrogens with one attached hydrogen (secondary N) is 3. The van der Waals surface area contributed by atoms with Crippen molar-refractivity contribution in [1.82, 2.24) is 5.32 Å². The molecule has 1 fully saturated rings. The molecule has 0 unspecified atom stereocenters. The van der Waals surface area contributed by atoms with E-state index >= 15 is 0 Å². The van der Waals surface area contributed by atoms with Crippen LogP contribution in [-0.2, 0) is 10.2 Å². The Labute approximate surface area is 147 Å². The number of amides is 3. The van der Waals surface area contributed by atoms with Crippen LogP contribution in [0, 0.1) is 0 Å². The van der Waals surface area contributed by atoms with Gasteiger partial charge in [-0.15, -0.1) is 0 Å². The van der Waals surface area contributed by atoms with E-state index in [1.807, 2.05) is 44.2 Å². The Morgan fingerprint density at radius 1 is 0.880 bits per heavy atom. The van der Waals surface area contributed by atoms with E-state index in [9.17, 15) is 9.59 Å². The van der Waals surface area contributed by atoms with Crippen LogP contribution in [0.1, 0.15) is 32.3 Å². The molecule has 5 heteroatoms. The molecule has 3 rings (SSSR count). The maximum absolute atomic E-state index is 12.7. The first kappa shape index (κ1) is 17.0. The van der Waals surface area contributed by atoms with Crippen LogP contribution in [0.4, 0.5) is 16.2 Å². The molecule has 0 spiro atoms. The molecule has 0 aliphatic heterocycles. The average molecular weight is 337 g/mol. The van der Waals surface area contributed by atoms with E-state index in [1.54, 1.807) is 24.3 Å². The van der Waals surface area contributed by atoms with Gasteiger partial charge in [0.2, 0.25) is 5.91 Å². The smallest absolute Gasteiger partial charge is 0.319 e. The molecule has 1 aliphatic carbocycles. The summed E-state index contributed by atoms with van der Waals surface area (Å²) in [5.74, 6) is 0.0250. The Balaban J connectivity index is 1.62. The minimum absolute atomic E-state index is 0.0250. The fraction of sp³-hybridized carbons (Fsp3) is 0.300. The number of hydrogen-bond donors (Lipinski definition) is 3. The van der Waals surface area contributed by atoms with Gasteiger partial charge in [-0.05, 0) is 56.5 Å². The van der Waals surface area contributed by atoms with Gasteiger partial charge in [0, 0.05) is 17.4 Å². The van der Waals surface area contributed by atoms with Crippen molar-refractivity contribution in [2.45, 2.75) is 38.1 Å². The molecule has 0 aromatic heterocycles. The van der Waals surface area contributed by atoms with Crippen molar-refractivity contribution in [3.63, 3.8) is 0 Å². The lowest BCUT2D eigenvalue weighted by atomic mass is 9.95. The molecule has 0 bridgehead atoms. The maximum Gasteiger partial charge on any atom is 0.319 e. The maximum atomic E-state index is 12.7. The van der Waals surface area contributed by atoms with Crippen molar-refractivity contribution in [2.75, 3.05) is 10.6 Å². The van der Waals surface area contributed by atoms with Crippen LogP contribution in [-0.4, -0.2) is 18.0 Å². The van der Waals surface area contributed by atoms with Crippen LogP contribution in [0.15, 0.2) is 54.6 Å². The lowest BCUT2D eigenvalue weighted by Gasteiger charge is -2.16. The summed E-state index contributed by atoms with van der Waals surface area (Å²) in [6.45, 7) is 3.80. The van der Waals surface area contributed by atoms with Crippen molar-refractivity contribution in [2.24, 2.45) is 0 Å². The van der Waals surface area contributed by atoms with Gasteiger partial charge < -0.3 is 16.0 Å². The van der Waals surface area contributed by atoms with Crippen LogP contribution in [0.5, 0.6) is 0 Å². The van der Waals surface area contributed by atoms with E-state index in [1.165, 1.54) is 0 Å². The fourth-order valence-corrected chi connectivity index (χ4v) is 2.85. The largest absolute Gasteiger partial charge is 0.336 e. The summed E-state index contributed by atoms with van der Waals surface area (Å²) in [6, 6.07) is 16.9. The summed E-state index contributed by atoms with van der Waals surface area (Å²) in [6.07, 6.45) is 1.75. The van der Waals surface area contributed by atoms with Gasteiger partial charge in [0.15, 0.2) is 0 Å². The zero-order valence-electron chi connectivity index (χ0n) is 14.5. The third kappa shape index (κ3) is 3.99. The summed E-state index contributed by atoms with van der Waals surface area (Å²) in [4.78, 5) is 24.4. The number of anilines is 2. The molecular weight excluding hydrogens is 314 g/mol. The fourth-order valence-electron chi connectivity index (χ4n) is 2.85. The first-order valence-electron chi connectivity index (χ1n) is 8.54. The van der Waals surface area contributed by atoms with Gasteiger partial charge in [-0.25, -0.2) is 4.79 Å². The van der Waals surface area contributed by atoms with Gasteiger partial charge in [0.25, 0.3) is 0 Å².